The molecule has 1 aromatic carbocycles. The Kier molecular flexibility index (Phi) is 5.14. The topological polar surface area (TPSA) is 52.6 Å². The van der Waals surface area contributed by atoms with Gasteiger partial charge in [-0.25, -0.2) is 0 Å². The molecule has 0 aliphatic heterocycles. The summed E-state index contributed by atoms with van der Waals surface area (Å²) in [5.74, 6) is -0.343. The molecule has 0 unspecified atom stereocenters. The molecule has 0 bridgehead atoms. The van der Waals surface area contributed by atoms with Crippen LogP contribution in [0.5, 0.6) is 5.75 Å². The van der Waals surface area contributed by atoms with Crippen molar-refractivity contribution in [2.75, 3.05) is 0 Å². The molecule has 0 heterocycles. The van der Waals surface area contributed by atoms with Crippen molar-refractivity contribution in [3.8, 4) is 5.75 Å². The van der Waals surface area contributed by atoms with E-state index in [1.165, 1.54) is 13.8 Å². The Labute approximate surface area is 116 Å². The molecule has 1 aromatic rings. The number of halogens is 2. The number of ether oxygens (including phenoxy) is 2. The first-order chi connectivity index (χ1) is 7.90. The number of benzene rings is 1. The summed E-state index contributed by atoms with van der Waals surface area (Å²) in [6, 6.07) is 3.46. The van der Waals surface area contributed by atoms with E-state index in [-0.39, 0.29) is 12.6 Å². The molecule has 0 aromatic heterocycles. The largest absolute Gasteiger partial charge is 0.461 e. The minimum atomic E-state index is -0.404. The third-order valence-electron chi connectivity index (χ3n) is 1.75. The van der Waals surface area contributed by atoms with Crippen molar-refractivity contribution >= 4 is 43.8 Å². The second-order valence-corrected chi connectivity index (χ2v) is 4.97. The average molecular weight is 366 g/mol. The first kappa shape index (κ1) is 14.2. The summed E-state index contributed by atoms with van der Waals surface area (Å²) in [5.41, 5.74) is 0.787. The van der Waals surface area contributed by atoms with Crippen LogP contribution in [0.4, 0.5) is 0 Å². The van der Waals surface area contributed by atoms with E-state index in [1.54, 1.807) is 12.1 Å². The highest BCUT2D eigenvalue weighted by Gasteiger charge is 2.11. The molecule has 0 spiro atoms. The molecular weight excluding hydrogens is 356 g/mol. The first-order valence-electron chi connectivity index (χ1n) is 4.70. The fraction of sp³-hybridized carbons (Fsp3) is 0.273. The molecule has 0 aliphatic carbocycles. The maximum absolute atomic E-state index is 10.9. The molecular formula is C11H10Br2O4. The lowest BCUT2D eigenvalue weighted by atomic mass is 10.2. The summed E-state index contributed by atoms with van der Waals surface area (Å²) in [7, 11) is 0. The Morgan fingerprint density at radius 3 is 2.06 bits per heavy atom. The van der Waals surface area contributed by atoms with Gasteiger partial charge in [-0.3, -0.25) is 9.59 Å². The number of carbonyl (C=O) groups is 2. The Hall–Kier alpha value is -0.880. The SMILES string of the molecule is CC(=O)OCc1cc(Br)c(OC(C)=O)c(Br)c1. The van der Waals surface area contributed by atoms with Gasteiger partial charge < -0.3 is 9.47 Å². The van der Waals surface area contributed by atoms with Gasteiger partial charge in [0.1, 0.15) is 6.61 Å². The number of esters is 2. The molecule has 0 aliphatic rings. The summed E-state index contributed by atoms with van der Waals surface area (Å²) >= 11 is 6.57. The lowest BCUT2D eigenvalue weighted by Crippen LogP contribution is -2.04. The van der Waals surface area contributed by atoms with Crippen LogP contribution >= 0.6 is 31.9 Å². The molecule has 0 fully saturated rings. The average Bonchev–Trinajstić information content (AvgIpc) is 2.20. The highest BCUT2D eigenvalue weighted by molar-refractivity contribution is 9.11. The van der Waals surface area contributed by atoms with E-state index in [2.05, 4.69) is 31.9 Å². The summed E-state index contributed by atoms with van der Waals surface area (Å²) < 4.78 is 11.1. The lowest BCUT2D eigenvalue weighted by Gasteiger charge is -2.09. The highest BCUT2D eigenvalue weighted by atomic mass is 79.9. The molecule has 0 saturated heterocycles. The molecule has 1 rings (SSSR count). The predicted octanol–water partition coefficient (Wildman–Crippen LogP) is 3.20. The zero-order valence-electron chi connectivity index (χ0n) is 9.25. The molecule has 0 atom stereocenters. The van der Waals surface area contributed by atoms with Gasteiger partial charge in [-0.2, -0.15) is 0 Å². The van der Waals surface area contributed by atoms with Crippen LogP contribution in [0.2, 0.25) is 0 Å². The summed E-state index contributed by atoms with van der Waals surface area (Å²) in [5, 5.41) is 0. The van der Waals surface area contributed by atoms with E-state index in [4.69, 9.17) is 9.47 Å². The molecule has 6 heteroatoms. The standard InChI is InChI=1S/C11H10Br2O4/c1-6(14)16-5-8-3-9(12)11(10(13)4-8)17-7(2)15/h3-4H,5H2,1-2H3. The van der Waals surface area contributed by atoms with Gasteiger partial charge in [0.05, 0.1) is 8.95 Å². The molecule has 0 radical (unpaired) electrons. The van der Waals surface area contributed by atoms with Gasteiger partial charge in [0, 0.05) is 13.8 Å². The minimum absolute atomic E-state index is 0.173. The molecule has 92 valence electrons. The summed E-state index contributed by atoms with van der Waals surface area (Å²) in [4.78, 5) is 21.6. The van der Waals surface area contributed by atoms with Gasteiger partial charge in [0.25, 0.3) is 0 Å². The van der Waals surface area contributed by atoms with Crippen molar-refractivity contribution in [1.29, 1.82) is 0 Å². The van der Waals surface area contributed by atoms with Crippen molar-refractivity contribution in [2.24, 2.45) is 0 Å². The van der Waals surface area contributed by atoms with Gasteiger partial charge in [-0.1, -0.05) is 0 Å². The number of hydrogen-bond donors (Lipinski definition) is 0. The maximum atomic E-state index is 10.9. The third kappa shape index (κ3) is 4.47. The molecule has 4 nitrogen and oxygen atoms in total. The van der Waals surface area contributed by atoms with Crippen molar-refractivity contribution in [3.63, 3.8) is 0 Å². The van der Waals surface area contributed by atoms with Crippen molar-refractivity contribution in [1.82, 2.24) is 0 Å². The van der Waals surface area contributed by atoms with E-state index in [1.807, 2.05) is 0 Å². The first-order valence-corrected chi connectivity index (χ1v) is 6.28. The van der Waals surface area contributed by atoms with Crippen LogP contribution in [-0.2, 0) is 20.9 Å². The van der Waals surface area contributed by atoms with Gasteiger partial charge in [0.15, 0.2) is 5.75 Å². The van der Waals surface area contributed by atoms with Crippen LogP contribution in [0.25, 0.3) is 0 Å². The smallest absolute Gasteiger partial charge is 0.308 e. The number of carbonyl (C=O) groups excluding carboxylic acids is 2. The molecule has 0 N–H and O–H groups in total. The Morgan fingerprint density at radius 1 is 1.12 bits per heavy atom. The Morgan fingerprint density at radius 2 is 1.65 bits per heavy atom. The van der Waals surface area contributed by atoms with Crippen molar-refractivity contribution in [3.05, 3.63) is 26.6 Å². The number of hydrogen-bond acceptors (Lipinski definition) is 4. The Balaban J connectivity index is 2.92. The van der Waals surface area contributed by atoms with E-state index in [0.29, 0.717) is 14.7 Å². The van der Waals surface area contributed by atoms with Gasteiger partial charge in [-0.05, 0) is 49.6 Å². The normalized spacial score (nSPS) is 9.88. The second kappa shape index (κ2) is 6.16. The van der Waals surface area contributed by atoms with Crippen LogP contribution in [0.1, 0.15) is 19.4 Å². The van der Waals surface area contributed by atoms with Crippen LogP contribution in [0, 0.1) is 0 Å². The van der Waals surface area contributed by atoms with Gasteiger partial charge >= 0.3 is 11.9 Å². The van der Waals surface area contributed by atoms with Crippen LogP contribution in [0.15, 0.2) is 21.1 Å². The maximum Gasteiger partial charge on any atom is 0.308 e. The quantitative estimate of drug-likeness (QED) is 0.609. The molecule has 0 saturated carbocycles. The monoisotopic (exact) mass is 364 g/mol. The Bertz CT molecular complexity index is 434. The second-order valence-electron chi connectivity index (χ2n) is 3.26. The van der Waals surface area contributed by atoms with E-state index >= 15 is 0 Å². The fourth-order valence-corrected chi connectivity index (χ4v) is 2.57. The number of rotatable bonds is 3. The zero-order valence-corrected chi connectivity index (χ0v) is 12.4. The van der Waals surface area contributed by atoms with E-state index < -0.39 is 5.97 Å². The van der Waals surface area contributed by atoms with Crippen molar-refractivity contribution in [2.45, 2.75) is 20.5 Å². The van der Waals surface area contributed by atoms with Gasteiger partial charge in [0.2, 0.25) is 0 Å². The lowest BCUT2D eigenvalue weighted by molar-refractivity contribution is -0.142. The molecule has 17 heavy (non-hydrogen) atoms. The predicted molar refractivity (Wildman–Crippen MR) is 68.6 cm³/mol. The van der Waals surface area contributed by atoms with Crippen LogP contribution in [-0.4, -0.2) is 11.9 Å². The highest BCUT2D eigenvalue weighted by Crippen LogP contribution is 2.35. The van der Waals surface area contributed by atoms with Crippen molar-refractivity contribution < 1.29 is 19.1 Å². The van der Waals surface area contributed by atoms with E-state index in [0.717, 1.165) is 5.56 Å². The van der Waals surface area contributed by atoms with Gasteiger partial charge in [-0.15, -0.1) is 0 Å². The van der Waals surface area contributed by atoms with Crippen LogP contribution in [0.3, 0.4) is 0 Å². The van der Waals surface area contributed by atoms with Crippen LogP contribution < -0.4 is 4.74 Å². The summed E-state index contributed by atoms with van der Waals surface area (Å²) in [6.45, 7) is 2.84. The summed E-state index contributed by atoms with van der Waals surface area (Å²) in [6.07, 6.45) is 0. The molecule has 0 amide bonds. The zero-order chi connectivity index (χ0) is 13.0. The van der Waals surface area contributed by atoms with E-state index in [9.17, 15) is 9.59 Å². The minimum Gasteiger partial charge on any atom is -0.461 e. The third-order valence-corrected chi connectivity index (χ3v) is 2.92. The fourth-order valence-electron chi connectivity index (χ4n) is 1.12.